The average Bonchev–Trinajstić information content (AvgIpc) is 2.07. The summed E-state index contributed by atoms with van der Waals surface area (Å²) in [5.74, 6) is 0.876. The number of anilines is 1. The van der Waals surface area contributed by atoms with Gasteiger partial charge in [-0.15, -0.1) is 0 Å². The lowest BCUT2D eigenvalue weighted by Gasteiger charge is -2.12. The van der Waals surface area contributed by atoms with Gasteiger partial charge < -0.3 is 11.1 Å². The highest BCUT2D eigenvalue weighted by Gasteiger charge is 2.03. The van der Waals surface area contributed by atoms with Crippen LogP contribution in [0.2, 0.25) is 0 Å². The normalized spacial score (nSPS) is 10.5. The van der Waals surface area contributed by atoms with Crippen molar-refractivity contribution in [3.05, 3.63) is 22.3 Å². The number of nitrogens with one attached hydrogen (secondary N) is 1. The zero-order valence-corrected chi connectivity index (χ0v) is 9.43. The molecule has 0 radical (unpaired) electrons. The third-order valence-corrected chi connectivity index (χ3v) is 2.01. The molecule has 0 aliphatic heterocycles. The van der Waals surface area contributed by atoms with Crippen LogP contribution in [-0.4, -0.2) is 11.0 Å². The predicted octanol–water partition coefficient (Wildman–Crippen LogP) is 2.12. The Morgan fingerprint density at radius 2 is 2.31 bits per heavy atom. The van der Waals surface area contributed by atoms with Gasteiger partial charge in [-0.2, -0.15) is 0 Å². The third-order valence-electron chi connectivity index (χ3n) is 1.58. The van der Waals surface area contributed by atoms with Crippen LogP contribution >= 0.6 is 15.9 Å². The van der Waals surface area contributed by atoms with Crippen LogP contribution in [-0.2, 0) is 6.54 Å². The number of hydrogen-bond acceptors (Lipinski definition) is 3. The molecule has 0 fully saturated rings. The maximum absolute atomic E-state index is 5.59. The van der Waals surface area contributed by atoms with E-state index < -0.39 is 0 Å². The molecule has 3 N–H and O–H groups in total. The first-order valence-electron chi connectivity index (χ1n) is 4.24. The quantitative estimate of drug-likeness (QED) is 0.856. The van der Waals surface area contributed by atoms with Crippen molar-refractivity contribution in [2.24, 2.45) is 5.73 Å². The first-order valence-corrected chi connectivity index (χ1v) is 5.03. The van der Waals surface area contributed by atoms with Crippen molar-refractivity contribution < 1.29 is 0 Å². The maximum atomic E-state index is 5.59. The summed E-state index contributed by atoms with van der Waals surface area (Å²) in [5, 5.41) is 3.24. The van der Waals surface area contributed by atoms with E-state index in [-0.39, 0.29) is 0 Å². The minimum absolute atomic E-state index is 0.374. The summed E-state index contributed by atoms with van der Waals surface area (Å²) in [6.45, 7) is 4.65. The fourth-order valence-electron chi connectivity index (χ4n) is 1.04. The van der Waals surface area contributed by atoms with Crippen LogP contribution in [0.15, 0.2) is 16.7 Å². The molecule has 3 nitrogen and oxygen atoms in total. The Hall–Kier alpha value is -0.610. The van der Waals surface area contributed by atoms with Crippen LogP contribution < -0.4 is 11.1 Å². The molecule has 72 valence electrons. The van der Waals surface area contributed by atoms with Crippen LogP contribution in [0.3, 0.4) is 0 Å². The Morgan fingerprint density at radius 3 is 2.85 bits per heavy atom. The van der Waals surface area contributed by atoms with Crippen molar-refractivity contribution in [3.63, 3.8) is 0 Å². The summed E-state index contributed by atoms with van der Waals surface area (Å²) in [4.78, 5) is 4.25. The molecule has 1 aromatic rings. The highest BCUT2D eigenvalue weighted by Crippen LogP contribution is 2.17. The fourth-order valence-corrected chi connectivity index (χ4v) is 1.42. The van der Waals surface area contributed by atoms with E-state index in [9.17, 15) is 0 Å². The van der Waals surface area contributed by atoms with Gasteiger partial charge >= 0.3 is 0 Å². The lowest BCUT2D eigenvalue weighted by Crippen LogP contribution is -2.14. The molecule has 0 atom stereocenters. The standard InChI is InChI=1S/C9H14BrN3/c1-6(2)13-9-7(4-11)3-8(10)5-12-9/h3,5-6H,4,11H2,1-2H3,(H,12,13). The Kier molecular flexibility index (Phi) is 3.69. The van der Waals surface area contributed by atoms with Crippen LogP contribution in [0.5, 0.6) is 0 Å². The van der Waals surface area contributed by atoms with Gasteiger partial charge in [-0.3, -0.25) is 0 Å². The molecule has 0 saturated heterocycles. The molecule has 0 amide bonds. The van der Waals surface area contributed by atoms with E-state index in [1.165, 1.54) is 0 Å². The van der Waals surface area contributed by atoms with Crippen LogP contribution in [0, 0.1) is 0 Å². The van der Waals surface area contributed by atoms with Crippen molar-refractivity contribution in [2.75, 3.05) is 5.32 Å². The van der Waals surface area contributed by atoms with E-state index >= 15 is 0 Å². The molecule has 0 aromatic carbocycles. The van der Waals surface area contributed by atoms with Gasteiger partial charge in [0.15, 0.2) is 0 Å². The van der Waals surface area contributed by atoms with Crippen molar-refractivity contribution in [1.82, 2.24) is 4.98 Å². The molecule has 4 heteroatoms. The molecule has 1 aromatic heterocycles. The zero-order valence-electron chi connectivity index (χ0n) is 7.84. The topological polar surface area (TPSA) is 50.9 Å². The van der Waals surface area contributed by atoms with Crippen LogP contribution in [0.1, 0.15) is 19.4 Å². The molecule has 0 unspecified atom stereocenters. The third kappa shape index (κ3) is 2.97. The lowest BCUT2D eigenvalue weighted by molar-refractivity contribution is 0.878. The maximum Gasteiger partial charge on any atom is 0.130 e. The minimum atomic E-state index is 0.374. The number of nitrogens with zero attached hydrogens (tertiary/aromatic N) is 1. The molecule has 13 heavy (non-hydrogen) atoms. The Morgan fingerprint density at radius 1 is 1.62 bits per heavy atom. The van der Waals surface area contributed by atoms with Gasteiger partial charge in [-0.05, 0) is 35.8 Å². The van der Waals surface area contributed by atoms with E-state index in [0.717, 1.165) is 15.9 Å². The number of aromatic nitrogens is 1. The Labute approximate surface area is 86.9 Å². The van der Waals surface area contributed by atoms with Gasteiger partial charge in [0, 0.05) is 28.8 Å². The molecular weight excluding hydrogens is 230 g/mol. The van der Waals surface area contributed by atoms with Gasteiger partial charge in [0.05, 0.1) is 0 Å². The monoisotopic (exact) mass is 243 g/mol. The van der Waals surface area contributed by atoms with E-state index in [4.69, 9.17) is 5.73 Å². The van der Waals surface area contributed by atoms with Gasteiger partial charge in [0.2, 0.25) is 0 Å². The second-order valence-electron chi connectivity index (χ2n) is 3.16. The summed E-state index contributed by atoms with van der Waals surface area (Å²) >= 11 is 3.36. The molecular formula is C9H14BrN3. The molecule has 0 bridgehead atoms. The van der Waals surface area contributed by atoms with Crippen molar-refractivity contribution in [2.45, 2.75) is 26.4 Å². The number of rotatable bonds is 3. The van der Waals surface area contributed by atoms with E-state index in [0.29, 0.717) is 12.6 Å². The summed E-state index contributed by atoms with van der Waals surface area (Å²) in [5.41, 5.74) is 6.63. The van der Waals surface area contributed by atoms with E-state index in [1.807, 2.05) is 6.07 Å². The highest BCUT2D eigenvalue weighted by atomic mass is 79.9. The van der Waals surface area contributed by atoms with Crippen LogP contribution in [0.4, 0.5) is 5.82 Å². The Bertz CT molecular complexity index is 286. The van der Waals surface area contributed by atoms with Gasteiger partial charge in [0.1, 0.15) is 5.82 Å². The van der Waals surface area contributed by atoms with Crippen molar-refractivity contribution in [3.8, 4) is 0 Å². The molecule has 0 aliphatic rings. The van der Waals surface area contributed by atoms with Gasteiger partial charge in [0.25, 0.3) is 0 Å². The summed E-state index contributed by atoms with van der Waals surface area (Å²) in [6, 6.07) is 2.36. The number of hydrogen-bond donors (Lipinski definition) is 2. The summed E-state index contributed by atoms with van der Waals surface area (Å²) in [6.07, 6.45) is 1.77. The second kappa shape index (κ2) is 4.58. The van der Waals surface area contributed by atoms with Crippen LogP contribution in [0.25, 0.3) is 0 Å². The molecule has 1 heterocycles. The lowest BCUT2D eigenvalue weighted by atomic mass is 10.2. The van der Waals surface area contributed by atoms with Gasteiger partial charge in [-0.1, -0.05) is 0 Å². The number of nitrogens with two attached hydrogens (primary N) is 1. The average molecular weight is 244 g/mol. The Balaban J connectivity index is 2.92. The van der Waals surface area contributed by atoms with Gasteiger partial charge in [-0.25, -0.2) is 4.98 Å². The predicted molar refractivity (Wildman–Crippen MR) is 58.6 cm³/mol. The molecule has 1 rings (SSSR count). The first kappa shape index (κ1) is 10.5. The van der Waals surface area contributed by atoms with E-state index in [2.05, 4.69) is 40.1 Å². The largest absolute Gasteiger partial charge is 0.368 e. The smallest absolute Gasteiger partial charge is 0.130 e. The molecule has 0 aliphatic carbocycles. The number of halogens is 1. The minimum Gasteiger partial charge on any atom is -0.368 e. The second-order valence-corrected chi connectivity index (χ2v) is 4.08. The highest BCUT2D eigenvalue weighted by molar-refractivity contribution is 9.10. The zero-order chi connectivity index (χ0) is 9.84. The molecule has 0 spiro atoms. The number of pyridine rings is 1. The van der Waals surface area contributed by atoms with Crippen molar-refractivity contribution in [1.29, 1.82) is 0 Å². The fraction of sp³-hybridized carbons (Fsp3) is 0.444. The molecule has 0 saturated carbocycles. The first-order chi connectivity index (χ1) is 6.13. The van der Waals surface area contributed by atoms with E-state index in [1.54, 1.807) is 6.20 Å². The summed E-state index contributed by atoms with van der Waals surface area (Å²) in [7, 11) is 0. The SMILES string of the molecule is CC(C)Nc1ncc(Br)cc1CN. The van der Waals surface area contributed by atoms with Crippen molar-refractivity contribution >= 4 is 21.7 Å². The summed E-state index contributed by atoms with van der Waals surface area (Å²) < 4.78 is 0.960.